The Labute approximate surface area is 217 Å². The van der Waals surface area contributed by atoms with Crippen molar-refractivity contribution < 1.29 is 28.3 Å². The Hall–Kier alpha value is -4.11. The number of rotatable bonds is 12. The van der Waals surface area contributed by atoms with E-state index in [0.29, 0.717) is 23.6 Å². The van der Waals surface area contributed by atoms with Gasteiger partial charge in [0.25, 0.3) is 0 Å². The van der Waals surface area contributed by atoms with Crippen molar-refractivity contribution in [2.75, 3.05) is 38.7 Å². The lowest BCUT2D eigenvalue weighted by Gasteiger charge is -2.27. The van der Waals surface area contributed by atoms with Crippen LogP contribution in [0, 0.1) is 6.92 Å². The Morgan fingerprint density at radius 2 is 1.65 bits per heavy atom. The van der Waals surface area contributed by atoms with Gasteiger partial charge in [-0.1, -0.05) is 30.3 Å². The third-order valence-corrected chi connectivity index (χ3v) is 5.54. The number of esters is 1. The molecule has 0 atom stereocenters. The predicted molar refractivity (Wildman–Crippen MR) is 139 cm³/mol. The van der Waals surface area contributed by atoms with Crippen molar-refractivity contribution in [3.8, 4) is 0 Å². The number of urea groups is 1. The number of furan rings is 1. The number of benzene rings is 2. The maximum Gasteiger partial charge on any atom is 0.338 e. The van der Waals surface area contributed by atoms with E-state index in [-0.39, 0.29) is 38.8 Å². The van der Waals surface area contributed by atoms with Gasteiger partial charge in [0, 0.05) is 25.9 Å². The van der Waals surface area contributed by atoms with E-state index < -0.39 is 12.0 Å². The van der Waals surface area contributed by atoms with Gasteiger partial charge < -0.3 is 29.0 Å². The minimum Gasteiger partial charge on any atom is -0.464 e. The zero-order valence-electron chi connectivity index (χ0n) is 21.4. The van der Waals surface area contributed by atoms with Gasteiger partial charge in [0.2, 0.25) is 5.91 Å². The summed E-state index contributed by atoms with van der Waals surface area (Å²) in [4.78, 5) is 41.5. The molecule has 0 unspecified atom stereocenters. The molecule has 0 saturated carbocycles. The number of nitrogens with zero attached hydrogens (tertiary/aromatic N) is 2. The number of ether oxygens (including phenoxy) is 2. The minimum absolute atomic E-state index is 0.150. The Morgan fingerprint density at radius 1 is 0.919 bits per heavy atom. The zero-order valence-corrected chi connectivity index (χ0v) is 21.4. The summed E-state index contributed by atoms with van der Waals surface area (Å²) in [5, 5.41) is 2.79. The first-order valence-electron chi connectivity index (χ1n) is 12.1. The standard InChI is InChI=1S/C28H33N3O6/c1-4-36-27(33)23-11-13-24(14-12-23)29-28(34)30(16-17-35-3)20-26(32)31(18-22-8-6-5-7-9-22)19-25-15-10-21(2)37-25/h5-15H,4,16-20H2,1-3H3,(H,29,34). The molecular weight excluding hydrogens is 474 g/mol. The molecule has 1 N–H and O–H groups in total. The second-order valence-corrected chi connectivity index (χ2v) is 8.39. The second-order valence-electron chi connectivity index (χ2n) is 8.39. The molecule has 0 fully saturated rings. The smallest absolute Gasteiger partial charge is 0.338 e. The van der Waals surface area contributed by atoms with Crippen molar-refractivity contribution in [1.82, 2.24) is 9.80 Å². The van der Waals surface area contributed by atoms with Crippen molar-refractivity contribution in [3.63, 3.8) is 0 Å². The highest BCUT2D eigenvalue weighted by Crippen LogP contribution is 2.15. The molecule has 3 aromatic rings. The molecule has 9 nitrogen and oxygen atoms in total. The Morgan fingerprint density at radius 3 is 2.27 bits per heavy atom. The second kappa shape index (κ2) is 13.8. The summed E-state index contributed by atoms with van der Waals surface area (Å²) in [7, 11) is 1.53. The van der Waals surface area contributed by atoms with Gasteiger partial charge in [0.1, 0.15) is 18.1 Å². The Balaban J connectivity index is 1.72. The van der Waals surface area contributed by atoms with Crippen molar-refractivity contribution in [2.45, 2.75) is 26.9 Å². The fourth-order valence-electron chi connectivity index (χ4n) is 3.62. The van der Waals surface area contributed by atoms with Crippen molar-refractivity contribution in [3.05, 3.63) is 89.4 Å². The highest BCUT2D eigenvalue weighted by molar-refractivity contribution is 5.94. The maximum atomic E-state index is 13.4. The first-order chi connectivity index (χ1) is 17.9. The van der Waals surface area contributed by atoms with E-state index in [9.17, 15) is 14.4 Å². The Bertz CT molecular complexity index is 1160. The van der Waals surface area contributed by atoms with Gasteiger partial charge in [-0.2, -0.15) is 0 Å². The molecule has 0 radical (unpaired) electrons. The summed E-state index contributed by atoms with van der Waals surface area (Å²) < 4.78 is 15.8. The van der Waals surface area contributed by atoms with E-state index in [4.69, 9.17) is 13.9 Å². The SMILES string of the molecule is CCOC(=O)c1ccc(NC(=O)N(CCOC)CC(=O)N(Cc2ccccc2)Cc2ccc(C)o2)cc1. The molecule has 3 amide bonds. The van der Waals surface area contributed by atoms with E-state index in [1.54, 1.807) is 36.1 Å². The molecular formula is C28H33N3O6. The first kappa shape index (κ1) is 27.5. The van der Waals surface area contributed by atoms with E-state index in [2.05, 4.69) is 5.32 Å². The van der Waals surface area contributed by atoms with Crippen LogP contribution in [0.25, 0.3) is 0 Å². The molecule has 0 aliphatic carbocycles. The van der Waals surface area contributed by atoms with Crippen molar-refractivity contribution >= 4 is 23.6 Å². The lowest BCUT2D eigenvalue weighted by molar-refractivity contribution is -0.133. The fourth-order valence-corrected chi connectivity index (χ4v) is 3.62. The number of methoxy groups -OCH3 is 1. The summed E-state index contributed by atoms with van der Waals surface area (Å²) >= 11 is 0. The maximum absolute atomic E-state index is 13.4. The summed E-state index contributed by atoms with van der Waals surface area (Å²) in [5.74, 6) is 0.758. The van der Waals surface area contributed by atoms with E-state index >= 15 is 0 Å². The van der Waals surface area contributed by atoms with Crippen molar-refractivity contribution in [1.29, 1.82) is 0 Å². The molecule has 9 heteroatoms. The number of aryl methyl sites for hydroxylation is 1. The largest absolute Gasteiger partial charge is 0.464 e. The molecule has 3 rings (SSSR count). The van der Waals surface area contributed by atoms with Gasteiger partial charge >= 0.3 is 12.0 Å². The van der Waals surface area contributed by atoms with E-state index in [0.717, 1.165) is 11.3 Å². The van der Waals surface area contributed by atoms with Gasteiger partial charge in [0.05, 0.1) is 25.3 Å². The average Bonchev–Trinajstić information content (AvgIpc) is 3.31. The van der Waals surface area contributed by atoms with Gasteiger partial charge in [-0.3, -0.25) is 4.79 Å². The quantitative estimate of drug-likeness (QED) is 0.363. The van der Waals surface area contributed by atoms with Crippen LogP contribution in [0.1, 0.15) is 34.4 Å². The average molecular weight is 508 g/mol. The van der Waals surface area contributed by atoms with Crippen LogP contribution in [-0.2, 0) is 27.4 Å². The highest BCUT2D eigenvalue weighted by Gasteiger charge is 2.23. The van der Waals surface area contributed by atoms with Gasteiger partial charge in [-0.05, 0) is 55.8 Å². The molecule has 37 heavy (non-hydrogen) atoms. The zero-order chi connectivity index (χ0) is 26.6. The monoisotopic (exact) mass is 507 g/mol. The van der Waals surface area contributed by atoms with Gasteiger partial charge in [-0.15, -0.1) is 0 Å². The minimum atomic E-state index is -0.456. The summed E-state index contributed by atoms with van der Waals surface area (Å²) in [6, 6.07) is 19.3. The molecule has 0 spiro atoms. The summed E-state index contributed by atoms with van der Waals surface area (Å²) in [6.45, 7) is 4.84. The summed E-state index contributed by atoms with van der Waals surface area (Å²) in [5.41, 5.74) is 1.84. The number of anilines is 1. The number of amides is 3. The number of carbonyl (C=O) groups excluding carboxylic acids is 3. The third kappa shape index (κ3) is 8.50. The number of hydrogen-bond acceptors (Lipinski definition) is 6. The molecule has 1 heterocycles. The van der Waals surface area contributed by atoms with Crippen molar-refractivity contribution in [2.24, 2.45) is 0 Å². The van der Waals surface area contributed by atoms with Gasteiger partial charge in [0.15, 0.2) is 0 Å². The third-order valence-electron chi connectivity index (χ3n) is 5.54. The lowest BCUT2D eigenvalue weighted by Crippen LogP contribution is -2.45. The molecule has 0 aliphatic rings. The van der Waals surface area contributed by atoms with Crippen LogP contribution in [0.4, 0.5) is 10.5 Å². The number of nitrogens with one attached hydrogen (secondary N) is 1. The highest BCUT2D eigenvalue weighted by atomic mass is 16.5. The summed E-state index contributed by atoms with van der Waals surface area (Å²) in [6.07, 6.45) is 0. The van der Waals surface area contributed by atoms with E-state index in [1.807, 2.05) is 49.4 Å². The molecule has 1 aromatic heterocycles. The topological polar surface area (TPSA) is 101 Å². The van der Waals surface area contributed by atoms with Crippen LogP contribution in [-0.4, -0.2) is 61.1 Å². The van der Waals surface area contributed by atoms with Crippen LogP contribution < -0.4 is 5.32 Å². The predicted octanol–water partition coefficient (Wildman–Crippen LogP) is 4.47. The van der Waals surface area contributed by atoms with Gasteiger partial charge in [-0.25, -0.2) is 9.59 Å². The molecule has 0 aliphatic heterocycles. The molecule has 0 bridgehead atoms. The van der Waals surface area contributed by atoms with Crippen LogP contribution in [0.15, 0.2) is 71.1 Å². The number of carbonyl (C=O) groups is 3. The van der Waals surface area contributed by atoms with Crippen LogP contribution >= 0.6 is 0 Å². The molecule has 196 valence electrons. The molecule has 2 aromatic carbocycles. The Kier molecular flexibility index (Phi) is 10.3. The van der Waals surface area contributed by atoms with Crippen LogP contribution in [0.5, 0.6) is 0 Å². The normalized spacial score (nSPS) is 10.6. The number of hydrogen-bond donors (Lipinski definition) is 1. The van der Waals surface area contributed by atoms with Crippen LogP contribution in [0.2, 0.25) is 0 Å². The van der Waals surface area contributed by atoms with Crippen LogP contribution in [0.3, 0.4) is 0 Å². The first-order valence-corrected chi connectivity index (χ1v) is 12.1. The van der Waals surface area contributed by atoms with E-state index in [1.165, 1.54) is 12.0 Å². The fraction of sp³-hybridized carbons (Fsp3) is 0.321. The lowest BCUT2D eigenvalue weighted by atomic mass is 10.2. The molecule has 0 saturated heterocycles.